The highest BCUT2D eigenvalue weighted by atomic mass is 35.5. The maximum absolute atomic E-state index is 6.10. The van der Waals surface area contributed by atoms with Crippen molar-refractivity contribution in [3.8, 4) is 5.75 Å². The summed E-state index contributed by atoms with van der Waals surface area (Å²) < 4.78 is 5.13. The van der Waals surface area contributed by atoms with Gasteiger partial charge in [0.2, 0.25) is 0 Å². The second-order valence-corrected chi connectivity index (χ2v) is 4.77. The molecule has 0 aliphatic carbocycles. The molecule has 0 radical (unpaired) electrons. The Morgan fingerprint density at radius 3 is 2.65 bits per heavy atom. The van der Waals surface area contributed by atoms with E-state index in [2.05, 4.69) is 22.5 Å². The first-order valence-electron chi connectivity index (χ1n) is 6.52. The molecule has 20 heavy (non-hydrogen) atoms. The molecule has 1 aromatic heterocycles. The van der Waals surface area contributed by atoms with Crippen LogP contribution in [0.2, 0.25) is 5.02 Å². The van der Waals surface area contributed by atoms with Gasteiger partial charge in [-0.05, 0) is 30.7 Å². The molecule has 4 nitrogen and oxygen atoms in total. The Labute approximate surface area is 124 Å². The van der Waals surface area contributed by atoms with Crippen LogP contribution in [-0.4, -0.2) is 18.6 Å². The molecule has 1 aromatic carbocycles. The van der Waals surface area contributed by atoms with Crippen LogP contribution in [0.1, 0.15) is 13.3 Å². The van der Waals surface area contributed by atoms with Crippen LogP contribution in [0, 0.1) is 0 Å². The maximum Gasteiger partial charge on any atom is 0.137 e. The summed E-state index contributed by atoms with van der Waals surface area (Å²) in [5, 5.41) is 7.15. The minimum atomic E-state index is 0.575. The Balaban J connectivity index is 2.11. The Bertz CT molecular complexity index is 575. The summed E-state index contributed by atoms with van der Waals surface area (Å²) in [4.78, 5) is 4.21. The van der Waals surface area contributed by atoms with Crippen molar-refractivity contribution in [3.63, 3.8) is 0 Å². The number of anilines is 3. The molecule has 2 aromatic rings. The van der Waals surface area contributed by atoms with Crippen molar-refractivity contribution in [1.82, 2.24) is 4.98 Å². The molecule has 2 rings (SSSR count). The molecule has 0 fully saturated rings. The van der Waals surface area contributed by atoms with E-state index in [9.17, 15) is 0 Å². The van der Waals surface area contributed by atoms with Crippen LogP contribution in [0.25, 0.3) is 0 Å². The van der Waals surface area contributed by atoms with Crippen molar-refractivity contribution in [2.75, 3.05) is 24.3 Å². The van der Waals surface area contributed by atoms with Crippen LogP contribution in [0.3, 0.4) is 0 Å². The van der Waals surface area contributed by atoms with Gasteiger partial charge >= 0.3 is 0 Å². The van der Waals surface area contributed by atoms with Crippen molar-refractivity contribution < 1.29 is 4.74 Å². The molecular formula is C15H18ClN3O. The van der Waals surface area contributed by atoms with Gasteiger partial charge in [0.1, 0.15) is 5.75 Å². The number of ether oxygens (including phenoxy) is 1. The summed E-state index contributed by atoms with van der Waals surface area (Å²) in [6.45, 7) is 3.06. The number of benzene rings is 1. The van der Waals surface area contributed by atoms with Crippen molar-refractivity contribution in [1.29, 1.82) is 0 Å². The van der Waals surface area contributed by atoms with E-state index in [1.54, 1.807) is 13.3 Å². The highest BCUT2D eigenvalue weighted by Gasteiger charge is 2.03. The fourth-order valence-corrected chi connectivity index (χ4v) is 2.04. The average molecular weight is 292 g/mol. The first-order chi connectivity index (χ1) is 9.72. The lowest BCUT2D eigenvalue weighted by Crippen LogP contribution is -2.01. The van der Waals surface area contributed by atoms with Crippen molar-refractivity contribution in [2.45, 2.75) is 13.3 Å². The predicted octanol–water partition coefficient (Wildman–Crippen LogP) is 4.31. The van der Waals surface area contributed by atoms with Crippen LogP contribution in [0.4, 0.5) is 17.1 Å². The number of hydrogen-bond acceptors (Lipinski definition) is 4. The van der Waals surface area contributed by atoms with E-state index in [1.165, 1.54) is 0 Å². The summed E-state index contributed by atoms with van der Waals surface area (Å²) in [6.07, 6.45) is 4.66. The topological polar surface area (TPSA) is 46.2 Å². The Hall–Kier alpha value is -1.94. The lowest BCUT2D eigenvalue weighted by atomic mass is 10.2. The molecule has 0 aliphatic rings. The third-order valence-corrected chi connectivity index (χ3v) is 3.05. The zero-order valence-electron chi connectivity index (χ0n) is 11.6. The second kappa shape index (κ2) is 7.01. The van der Waals surface area contributed by atoms with E-state index in [-0.39, 0.29) is 0 Å². The van der Waals surface area contributed by atoms with Crippen LogP contribution in [0.15, 0.2) is 36.7 Å². The first-order valence-corrected chi connectivity index (χ1v) is 6.90. The Kier molecular flexibility index (Phi) is 5.07. The van der Waals surface area contributed by atoms with Gasteiger partial charge < -0.3 is 15.4 Å². The molecule has 5 heteroatoms. The number of nitrogens with one attached hydrogen (secondary N) is 2. The quantitative estimate of drug-likeness (QED) is 0.832. The number of pyridine rings is 1. The zero-order chi connectivity index (χ0) is 14.4. The highest BCUT2D eigenvalue weighted by Crippen LogP contribution is 2.29. The van der Waals surface area contributed by atoms with Crippen LogP contribution >= 0.6 is 11.6 Å². The lowest BCUT2D eigenvalue weighted by molar-refractivity contribution is 0.415. The molecule has 106 valence electrons. The van der Waals surface area contributed by atoms with Gasteiger partial charge in [-0.1, -0.05) is 18.5 Å². The van der Waals surface area contributed by atoms with Gasteiger partial charge in [-0.2, -0.15) is 0 Å². The molecule has 0 saturated carbocycles. The molecular weight excluding hydrogens is 274 g/mol. The lowest BCUT2D eigenvalue weighted by Gasteiger charge is -2.10. The monoisotopic (exact) mass is 291 g/mol. The van der Waals surface area contributed by atoms with E-state index >= 15 is 0 Å². The fraction of sp³-hybridized carbons (Fsp3) is 0.267. The summed E-state index contributed by atoms with van der Waals surface area (Å²) in [5.74, 6) is 0.661. The van der Waals surface area contributed by atoms with Gasteiger partial charge in [-0.15, -0.1) is 0 Å². The Morgan fingerprint density at radius 2 is 1.95 bits per heavy atom. The van der Waals surface area contributed by atoms with Gasteiger partial charge in [0.05, 0.1) is 35.9 Å². The summed E-state index contributed by atoms with van der Waals surface area (Å²) >= 11 is 6.10. The Morgan fingerprint density at radius 1 is 1.15 bits per heavy atom. The van der Waals surface area contributed by atoms with Crippen LogP contribution in [0.5, 0.6) is 5.75 Å². The first kappa shape index (κ1) is 14.5. The van der Waals surface area contributed by atoms with E-state index in [0.717, 1.165) is 30.0 Å². The van der Waals surface area contributed by atoms with Crippen molar-refractivity contribution in [2.24, 2.45) is 0 Å². The van der Waals surface area contributed by atoms with Crippen molar-refractivity contribution in [3.05, 3.63) is 41.7 Å². The normalized spacial score (nSPS) is 10.2. The highest BCUT2D eigenvalue weighted by molar-refractivity contribution is 6.32. The van der Waals surface area contributed by atoms with Gasteiger partial charge in [0.15, 0.2) is 0 Å². The van der Waals surface area contributed by atoms with Crippen LogP contribution in [-0.2, 0) is 0 Å². The third-order valence-electron chi connectivity index (χ3n) is 2.76. The molecule has 0 unspecified atom stereocenters. The number of aromatic nitrogens is 1. The number of rotatable bonds is 6. The molecule has 0 bridgehead atoms. The summed E-state index contributed by atoms with van der Waals surface area (Å²) in [6, 6.07) is 7.58. The molecule has 2 N–H and O–H groups in total. The van der Waals surface area contributed by atoms with E-state index in [0.29, 0.717) is 10.8 Å². The summed E-state index contributed by atoms with van der Waals surface area (Å²) in [7, 11) is 1.60. The van der Waals surface area contributed by atoms with Crippen LogP contribution < -0.4 is 15.4 Å². The minimum absolute atomic E-state index is 0.575. The fourth-order valence-electron chi connectivity index (χ4n) is 1.79. The average Bonchev–Trinajstić information content (AvgIpc) is 2.46. The van der Waals surface area contributed by atoms with E-state index < -0.39 is 0 Å². The van der Waals surface area contributed by atoms with Gasteiger partial charge in [0.25, 0.3) is 0 Å². The maximum atomic E-state index is 6.10. The largest absolute Gasteiger partial charge is 0.495 e. The number of halogens is 1. The van der Waals surface area contributed by atoms with E-state index in [4.69, 9.17) is 16.3 Å². The molecule has 1 heterocycles. The zero-order valence-corrected chi connectivity index (χ0v) is 12.4. The van der Waals surface area contributed by atoms with Gasteiger partial charge in [-0.3, -0.25) is 4.98 Å². The second-order valence-electron chi connectivity index (χ2n) is 4.36. The molecule has 0 amide bonds. The molecule has 0 aliphatic heterocycles. The number of methoxy groups -OCH3 is 1. The predicted molar refractivity (Wildman–Crippen MR) is 84.3 cm³/mol. The minimum Gasteiger partial charge on any atom is -0.495 e. The number of hydrogen-bond donors (Lipinski definition) is 2. The van der Waals surface area contributed by atoms with E-state index in [1.807, 2.05) is 30.5 Å². The standard InChI is InChI=1S/C15H18ClN3O/c1-3-6-18-12-7-13(10-17-9-12)19-11-4-5-15(20-2)14(16)8-11/h4-5,7-10,18-19H,3,6H2,1-2H3. The molecule has 0 atom stereocenters. The van der Waals surface area contributed by atoms with Gasteiger partial charge in [-0.25, -0.2) is 0 Å². The van der Waals surface area contributed by atoms with Gasteiger partial charge in [0, 0.05) is 12.2 Å². The van der Waals surface area contributed by atoms with Crippen molar-refractivity contribution >= 4 is 28.7 Å². The smallest absolute Gasteiger partial charge is 0.137 e. The molecule has 0 saturated heterocycles. The number of nitrogens with zero attached hydrogens (tertiary/aromatic N) is 1. The molecule has 0 spiro atoms. The summed E-state index contributed by atoms with van der Waals surface area (Å²) in [5.41, 5.74) is 2.80. The SMILES string of the molecule is CCCNc1cncc(Nc2ccc(OC)c(Cl)c2)c1. The third kappa shape index (κ3) is 3.78.